The van der Waals surface area contributed by atoms with E-state index in [1.165, 1.54) is 30.3 Å². The van der Waals surface area contributed by atoms with E-state index in [2.05, 4.69) is 10.5 Å². The molecule has 0 aliphatic carbocycles. The van der Waals surface area contributed by atoms with Crippen LogP contribution in [0.5, 0.6) is 0 Å². The van der Waals surface area contributed by atoms with Crippen molar-refractivity contribution in [3.05, 3.63) is 64.4 Å². The van der Waals surface area contributed by atoms with Gasteiger partial charge in [-0.2, -0.15) is 13.2 Å². The van der Waals surface area contributed by atoms with Crippen molar-refractivity contribution in [2.24, 2.45) is 5.16 Å². The minimum atomic E-state index is -4.64. The second-order valence-corrected chi connectivity index (χ2v) is 5.93. The van der Waals surface area contributed by atoms with E-state index in [1.807, 2.05) is 0 Å². The fraction of sp³-hybridized carbons (Fsp3) is 0.176. The molecule has 1 atom stereocenters. The monoisotopic (exact) mass is 386 g/mol. The molecule has 0 saturated carbocycles. The van der Waals surface area contributed by atoms with Crippen LogP contribution in [0.1, 0.15) is 17.5 Å². The van der Waals surface area contributed by atoms with E-state index in [0.717, 1.165) is 12.1 Å². The number of hydrogen-bond acceptors (Lipinski definition) is 3. The Bertz CT molecular complexity index is 866. The van der Waals surface area contributed by atoms with Gasteiger partial charge < -0.3 is 10.2 Å². The summed E-state index contributed by atoms with van der Waals surface area (Å²) in [6, 6.07) is 8.54. The van der Waals surface area contributed by atoms with Gasteiger partial charge in [0.05, 0.1) is 16.3 Å². The summed E-state index contributed by atoms with van der Waals surface area (Å²) in [5.41, 5.74) is -0.0806. The molecular weight excluding hydrogens is 376 g/mol. The average molecular weight is 387 g/mol. The summed E-state index contributed by atoms with van der Waals surface area (Å²) in [6.07, 6.45) is -5.53. The Kier molecular flexibility index (Phi) is 4.86. The van der Waals surface area contributed by atoms with Crippen LogP contribution in [0, 0.1) is 5.82 Å². The number of nitrogens with one attached hydrogen (secondary N) is 1. The summed E-state index contributed by atoms with van der Waals surface area (Å²) in [5.74, 6) is -1.06. The summed E-state index contributed by atoms with van der Waals surface area (Å²) >= 11 is 5.54. The molecule has 1 heterocycles. The van der Waals surface area contributed by atoms with Gasteiger partial charge in [-0.15, -0.1) is 0 Å². The lowest BCUT2D eigenvalue weighted by Gasteiger charge is -2.13. The number of oxime groups is 1. The molecule has 1 aliphatic rings. The van der Waals surface area contributed by atoms with Crippen LogP contribution in [0.3, 0.4) is 0 Å². The quantitative estimate of drug-likeness (QED) is 0.782. The summed E-state index contributed by atoms with van der Waals surface area (Å²) < 4.78 is 51.5. The maximum Gasteiger partial charge on any atom is 0.417 e. The number of hydrogen-bond donors (Lipinski definition) is 1. The first-order chi connectivity index (χ1) is 12.2. The van der Waals surface area contributed by atoms with E-state index < -0.39 is 34.6 Å². The van der Waals surface area contributed by atoms with Crippen molar-refractivity contribution in [2.75, 3.05) is 5.32 Å². The highest BCUT2D eigenvalue weighted by Crippen LogP contribution is 2.36. The number of carbonyl (C=O) groups excluding carboxylic acids is 1. The molecule has 4 nitrogen and oxygen atoms in total. The van der Waals surface area contributed by atoms with Crippen LogP contribution in [0.4, 0.5) is 23.2 Å². The third kappa shape index (κ3) is 3.96. The molecular formula is C17H11ClF4N2O2. The molecule has 0 aromatic heterocycles. The van der Waals surface area contributed by atoms with Gasteiger partial charge in [0.1, 0.15) is 5.82 Å². The molecule has 0 radical (unpaired) electrons. The highest BCUT2D eigenvalue weighted by atomic mass is 35.5. The van der Waals surface area contributed by atoms with E-state index in [4.69, 9.17) is 16.4 Å². The van der Waals surface area contributed by atoms with Crippen molar-refractivity contribution in [3.8, 4) is 0 Å². The fourth-order valence-electron chi connectivity index (χ4n) is 2.37. The molecule has 2 aromatic carbocycles. The smallest absolute Gasteiger partial charge is 0.382 e. The topological polar surface area (TPSA) is 50.7 Å². The summed E-state index contributed by atoms with van der Waals surface area (Å²) in [7, 11) is 0. The van der Waals surface area contributed by atoms with Crippen molar-refractivity contribution >= 4 is 28.9 Å². The molecule has 0 spiro atoms. The van der Waals surface area contributed by atoms with Crippen LogP contribution in [0.25, 0.3) is 0 Å². The number of halogens is 5. The Labute approximate surface area is 150 Å². The van der Waals surface area contributed by atoms with Crippen LogP contribution in [-0.4, -0.2) is 17.7 Å². The minimum absolute atomic E-state index is 0.0643. The van der Waals surface area contributed by atoms with Crippen molar-refractivity contribution in [2.45, 2.75) is 18.7 Å². The molecule has 1 aliphatic heterocycles. The molecule has 26 heavy (non-hydrogen) atoms. The lowest BCUT2D eigenvalue weighted by atomic mass is 10.0. The van der Waals surface area contributed by atoms with Crippen LogP contribution in [0.2, 0.25) is 5.02 Å². The molecule has 136 valence electrons. The first kappa shape index (κ1) is 18.2. The SMILES string of the molecule is O=C(Nc1ccc(Cl)c(C(F)(F)F)c1)C1CC(c2ccc(F)cc2)=NO1. The summed E-state index contributed by atoms with van der Waals surface area (Å²) in [6.45, 7) is 0. The molecule has 0 saturated heterocycles. The van der Waals surface area contributed by atoms with E-state index >= 15 is 0 Å². The molecule has 3 rings (SSSR count). The maximum absolute atomic E-state index is 12.9. The first-order valence-corrected chi connectivity index (χ1v) is 7.78. The summed E-state index contributed by atoms with van der Waals surface area (Å²) in [5, 5.41) is 5.67. The normalized spacial score (nSPS) is 16.8. The zero-order chi connectivity index (χ0) is 18.9. The number of benzene rings is 2. The number of anilines is 1. The van der Waals surface area contributed by atoms with Crippen molar-refractivity contribution in [1.29, 1.82) is 0 Å². The zero-order valence-electron chi connectivity index (χ0n) is 13.0. The van der Waals surface area contributed by atoms with Gasteiger partial charge in [0.25, 0.3) is 5.91 Å². The van der Waals surface area contributed by atoms with E-state index in [9.17, 15) is 22.4 Å². The molecule has 2 aromatic rings. The Morgan fingerprint density at radius 2 is 1.88 bits per heavy atom. The Morgan fingerprint density at radius 1 is 1.19 bits per heavy atom. The van der Waals surface area contributed by atoms with Crippen molar-refractivity contribution in [3.63, 3.8) is 0 Å². The van der Waals surface area contributed by atoms with Gasteiger partial charge in [-0.1, -0.05) is 28.9 Å². The Balaban J connectivity index is 1.68. The second kappa shape index (κ2) is 6.95. The minimum Gasteiger partial charge on any atom is -0.382 e. The van der Waals surface area contributed by atoms with E-state index in [0.29, 0.717) is 11.3 Å². The van der Waals surface area contributed by atoms with Gasteiger partial charge in [-0.25, -0.2) is 4.39 Å². The number of amides is 1. The largest absolute Gasteiger partial charge is 0.417 e. The second-order valence-electron chi connectivity index (χ2n) is 5.52. The highest BCUT2D eigenvalue weighted by Gasteiger charge is 2.34. The lowest BCUT2D eigenvalue weighted by Crippen LogP contribution is -2.28. The summed E-state index contributed by atoms with van der Waals surface area (Å²) in [4.78, 5) is 17.2. The van der Waals surface area contributed by atoms with Crippen LogP contribution in [0.15, 0.2) is 47.6 Å². The number of rotatable bonds is 3. The number of alkyl halides is 3. The predicted octanol–water partition coefficient (Wildman–Crippen LogP) is 4.63. The van der Waals surface area contributed by atoms with Crippen LogP contribution >= 0.6 is 11.6 Å². The maximum atomic E-state index is 12.9. The van der Waals surface area contributed by atoms with Gasteiger partial charge >= 0.3 is 6.18 Å². The van der Waals surface area contributed by atoms with Crippen molar-refractivity contribution < 1.29 is 27.2 Å². The van der Waals surface area contributed by atoms with Gasteiger partial charge in [0, 0.05) is 12.1 Å². The van der Waals surface area contributed by atoms with Gasteiger partial charge in [0.15, 0.2) is 0 Å². The predicted molar refractivity (Wildman–Crippen MR) is 87.5 cm³/mol. The molecule has 1 unspecified atom stereocenters. The number of nitrogens with zero attached hydrogens (tertiary/aromatic N) is 1. The van der Waals surface area contributed by atoms with Crippen LogP contribution < -0.4 is 5.32 Å². The molecule has 1 amide bonds. The third-order valence-corrected chi connectivity index (χ3v) is 4.01. The molecule has 1 N–H and O–H groups in total. The first-order valence-electron chi connectivity index (χ1n) is 7.40. The Morgan fingerprint density at radius 3 is 2.54 bits per heavy atom. The van der Waals surface area contributed by atoms with Gasteiger partial charge in [-0.3, -0.25) is 4.79 Å². The van der Waals surface area contributed by atoms with Crippen LogP contribution in [-0.2, 0) is 15.8 Å². The van der Waals surface area contributed by atoms with Crippen molar-refractivity contribution in [1.82, 2.24) is 0 Å². The van der Waals surface area contributed by atoms with E-state index in [1.54, 1.807) is 0 Å². The molecule has 0 bridgehead atoms. The van der Waals surface area contributed by atoms with Gasteiger partial charge in [0.2, 0.25) is 6.10 Å². The molecule has 9 heteroatoms. The standard InChI is InChI=1S/C17H11ClF4N2O2/c18-13-6-5-11(7-12(13)17(20,21)22)23-16(25)15-8-14(24-26-15)9-1-3-10(19)4-2-9/h1-7,15H,8H2,(H,23,25). The number of carbonyl (C=O) groups is 1. The zero-order valence-corrected chi connectivity index (χ0v) is 13.7. The third-order valence-electron chi connectivity index (χ3n) is 3.68. The Hall–Kier alpha value is -2.61. The molecule has 0 fully saturated rings. The average Bonchev–Trinajstić information content (AvgIpc) is 3.06. The fourth-order valence-corrected chi connectivity index (χ4v) is 2.60. The highest BCUT2D eigenvalue weighted by molar-refractivity contribution is 6.31. The van der Waals surface area contributed by atoms with Gasteiger partial charge in [-0.05, 0) is 35.9 Å². The lowest BCUT2D eigenvalue weighted by molar-refractivity contribution is -0.137. The van der Waals surface area contributed by atoms with E-state index in [-0.39, 0.29) is 12.1 Å².